The quantitative estimate of drug-likeness (QED) is 0.800. The summed E-state index contributed by atoms with van der Waals surface area (Å²) in [5.41, 5.74) is -0.199. The standard InChI is InChI=1S/C15H24N4O2S/c1-3-4-11-22-12(2)15(21)19-9-7-18(8-10-19)13-5-6-14(20)17-16-13/h5-6,12H,3-4,7-11H2,1-2H3,(H,17,20). The van der Waals surface area contributed by atoms with E-state index in [0.29, 0.717) is 13.1 Å². The smallest absolute Gasteiger partial charge is 0.264 e. The number of rotatable bonds is 6. The summed E-state index contributed by atoms with van der Waals surface area (Å²) in [6, 6.07) is 3.20. The van der Waals surface area contributed by atoms with Gasteiger partial charge in [-0.3, -0.25) is 9.59 Å². The van der Waals surface area contributed by atoms with Gasteiger partial charge in [0.2, 0.25) is 5.91 Å². The lowest BCUT2D eigenvalue weighted by Crippen LogP contribution is -2.51. The first-order valence-electron chi connectivity index (χ1n) is 7.83. The van der Waals surface area contributed by atoms with Crippen LogP contribution in [0, 0.1) is 0 Å². The molecular formula is C15H24N4O2S. The molecule has 0 saturated carbocycles. The molecule has 1 aliphatic heterocycles. The van der Waals surface area contributed by atoms with Gasteiger partial charge >= 0.3 is 0 Å². The number of carbonyl (C=O) groups is 1. The predicted molar refractivity (Wildman–Crippen MR) is 90.5 cm³/mol. The van der Waals surface area contributed by atoms with Gasteiger partial charge < -0.3 is 9.80 Å². The fraction of sp³-hybridized carbons (Fsp3) is 0.667. The Labute approximate surface area is 135 Å². The molecule has 1 aromatic heterocycles. The second-order valence-electron chi connectivity index (χ2n) is 5.46. The van der Waals surface area contributed by atoms with Crippen LogP contribution in [0.15, 0.2) is 16.9 Å². The molecule has 0 bridgehead atoms. The summed E-state index contributed by atoms with van der Waals surface area (Å²) in [5.74, 6) is 2.04. The predicted octanol–water partition coefficient (Wildman–Crippen LogP) is 1.34. The van der Waals surface area contributed by atoms with Gasteiger partial charge in [-0.1, -0.05) is 13.3 Å². The number of carbonyl (C=O) groups excluding carboxylic acids is 1. The first kappa shape index (κ1) is 16.9. The molecule has 2 rings (SSSR count). The SMILES string of the molecule is CCCCSC(C)C(=O)N1CCN(c2ccc(=O)[nH]n2)CC1. The van der Waals surface area contributed by atoms with E-state index >= 15 is 0 Å². The zero-order chi connectivity index (χ0) is 15.9. The molecule has 1 saturated heterocycles. The number of nitrogens with one attached hydrogen (secondary N) is 1. The number of aromatic nitrogens is 2. The normalized spacial score (nSPS) is 16.6. The molecule has 1 aromatic rings. The summed E-state index contributed by atoms with van der Waals surface area (Å²) in [7, 11) is 0. The highest BCUT2D eigenvalue weighted by atomic mass is 32.2. The topological polar surface area (TPSA) is 69.3 Å². The number of anilines is 1. The van der Waals surface area contributed by atoms with Gasteiger partial charge in [0.25, 0.3) is 5.56 Å². The maximum atomic E-state index is 12.4. The summed E-state index contributed by atoms with van der Waals surface area (Å²) < 4.78 is 0. The van der Waals surface area contributed by atoms with Crippen LogP contribution in [-0.4, -0.2) is 58.2 Å². The molecule has 2 heterocycles. The van der Waals surface area contributed by atoms with Crippen molar-refractivity contribution in [3.05, 3.63) is 22.5 Å². The third-order valence-electron chi connectivity index (χ3n) is 3.79. The van der Waals surface area contributed by atoms with E-state index in [0.717, 1.165) is 31.1 Å². The number of hydrogen-bond acceptors (Lipinski definition) is 5. The van der Waals surface area contributed by atoms with Crippen LogP contribution < -0.4 is 10.5 Å². The summed E-state index contributed by atoms with van der Waals surface area (Å²) in [6.07, 6.45) is 2.33. The Morgan fingerprint density at radius 3 is 2.68 bits per heavy atom. The molecule has 1 N–H and O–H groups in total. The van der Waals surface area contributed by atoms with Crippen molar-refractivity contribution in [1.82, 2.24) is 15.1 Å². The summed E-state index contributed by atoms with van der Waals surface area (Å²) in [6.45, 7) is 7.07. The Kier molecular flexibility index (Phi) is 6.30. The van der Waals surface area contributed by atoms with E-state index in [1.807, 2.05) is 11.8 Å². The van der Waals surface area contributed by atoms with Crippen LogP contribution in [0.5, 0.6) is 0 Å². The van der Waals surface area contributed by atoms with Gasteiger partial charge in [0.15, 0.2) is 0 Å². The van der Waals surface area contributed by atoms with Crippen LogP contribution in [0.25, 0.3) is 0 Å². The molecule has 0 aromatic carbocycles. The zero-order valence-corrected chi connectivity index (χ0v) is 14.1. The number of thioether (sulfide) groups is 1. The summed E-state index contributed by atoms with van der Waals surface area (Å²) in [5, 5.41) is 6.52. The highest BCUT2D eigenvalue weighted by Gasteiger charge is 2.25. The Bertz CT molecular complexity index is 520. The fourth-order valence-corrected chi connectivity index (χ4v) is 3.50. The molecule has 1 amide bonds. The maximum absolute atomic E-state index is 12.4. The van der Waals surface area contributed by atoms with E-state index in [1.54, 1.807) is 17.8 Å². The first-order valence-corrected chi connectivity index (χ1v) is 8.87. The zero-order valence-electron chi connectivity index (χ0n) is 13.2. The van der Waals surface area contributed by atoms with Crippen molar-refractivity contribution in [2.75, 3.05) is 36.8 Å². The summed E-state index contributed by atoms with van der Waals surface area (Å²) in [4.78, 5) is 27.5. The van der Waals surface area contributed by atoms with Crippen molar-refractivity contribution in [2.45, 2.75) is 31.9 Å². The van der Waals surface area contributed by atoms with Gasteiger partial charge in [-0.2, -0.15) is 5.10 Å². The monoisotopic (exact) mass is 324 g/mol. The minimum Gasteiger partial charge on any atom is -0.352 e. The molecular weight excluding hydrogens is 300 g/mol. The molecule has 6 nitrogen and oxygen atoms in total. The van der Waals surface area contributed by atoms with Crippen LogP contribution >= 0.6 is 11.8 Å². The molecule has 7 heteroatoms. The molecule has 1 atom stereocenters. The van der Waals surface area contributed by atoms with Gasteiger partial charge in [0, 0.05) is 32.2 Å². The minimum atomic E-state index is -0.199. The van der Waals surface area contributed by atoms with Crippen LogP contribution in [0.1, 0.15) is 26.7 Å². The number of hydrogen-bond donors (Lipinski definition) is 1. The maximum Gasteiger partial charge on any atom is 0.264 e. The summed E-state index contributed by atoms with van der Waals surface area (Å²) >= 11 is 1.74. The van der Waals surface area contributed by atoms with Crippen LogP contribution in [0.2, 0.25) is 0 Å². The van der Waals surface area contributed by atoms with Crippen molar-refractivity contribution >= 4 is 23.5 Å². The van der Waals surface area contributed by atoms with Gasteiger partial charge in [-0.05, 0) is 25.2 Å². The van der Waals surface area contributed by atoms with E-state index in [1.165, 1.54) is 12.5 Å². The van der Waals surface area contributed by atoms with Crippen LogP contribution in [0.3, 0.4) is 0 Å². The molecule has 122 valence electrons. The number of H-pyrrole nitrogens is 1. The van der Waals surface area contributed by atoms with Crippen LogP contribution in [-0.2, 0) is 4.79 Å². The molecule has 1 fully saturated rings. The highest BCUT2D eigenvalue weighted by Crippen LogP contribution is 2.17. The Morgan fingerprint density at radius 1 is 1.36 bits per heavy atom. The molecule has 0 aliphatic carbocycles. The van der Waals surface area contributed by atoms with Crippen molar-refractivity contribution < 1.29 is 4.79 Å². The average molecular weight is 324 g/mol. The molecule has 1 unspecified atom stereocenters. The lowest BCUT2D eigenvalue weighted by Gasteiger charge is -2.36. The molecule has 1 aliphatic rings. The largest absolute Gasteiger partial charge is 0.352 e. The van der Waals surface area contributed by atoms with Crippen molar-refractivity contribution in [3.8, 4) is 0 Å². The lowest BCUT2D eigenvalue weighted by atomic mass is 10.3. The Balaban J connectivity index is 1.82. The number of aromatic amines is 1. The fourth-order valence-electron chi connectivity index (χ4n) is 2.40. The third-order valence-corrected chi connectivity index (χ3v) is 5.02. The van der Waals surface area contributed by atoms with E-state index in [-0.39, 0.29) is 16.7 Å². The number of nitrogens with zero attached hydrogens (tertiary/aromatic N) is 3. The van der Waals surface area contributed by atoms with E-state index in [2.05, 4.69) is 22.0 Å². The van der Waals surface area contributed by atoms with E-state index in [9.17, 15) is 9.59 Å². The molecule has 0 spiro atoms. The first-order chi connectivity index (χ1) is 10.6. The Hall–Kier alpha value is -1.50. The van der Waals surface area contributed by atoms with Gasteiger partial charge in [0.1, 0.15) is 5.82 Å². The number of piperazine rings is 1. The van der Waals surface area contributed by atoms with Crippen LogP contribution in [0.4, 0.5) is 5.82 Å². The lowest BCUT2D eigenvalue weighted by molar-refractivity contribution is -0.130. The van der Waals surface area contributed by atoms with Crippen molar-refractivity contribution in [3.63, 3.8) is 0 Å². The molecule has 0 radical (unpaired) electrons. The second kappa shape index (κ2) is 8.22. The van der Waals surface area contributed by atoms with Gasteiger partial charge in [0.05, 0.1) is 5.25 Å². The van der Waals surface area contributed by atoms with E-state index in [4.69, 9.17) is 0 Å². The number of amides is 1. The average Bonchev–Trinajstić information content (AvgIpc) is 2.55. The van der Waals surface area contributed by atoms with Gasteiger partial charge in [-0.15, -0.1) is 11.8 Å². The minimum absolute atomic E-state index is 0.0318. The molecule has 22 heavy (non-hydrogen) atoms. The number of unbranched alkanes of at least 4 members (excludes halogenated alkanes) is 1. The van der Waals surface area contributed by atoms with Crippen molar-refractivity contribution in [1.29, 1.82) is 0 Å². The highest BCUT2D eigenvalue weighted by molar-refractivity contribution is 8.00. The Morgan fingerprint density at radius 2 is 2.09 bits per heavy atom. The van der Waals surface area contributed by atoms with E-state index < -0.39 is 0 Å². The second-order valence-corrected chi connectivity index (χ2v) is 6.91. The third kappa shape index (κ3) is 4.50. The van der Waals surface area contributed by atoms with Gasteiger partial charge in [-0.25, -0.2) is 5.10 Å². The van der Waals surface area contributed by atoms with Crippen molar-refractivity contribution in [2.24, 2.45) is 0 Å².